The van der Waals surface area contributed by atoms with Crippen molar-refractivity contribution in [3.63, 3.8) is 0 Å². The van der Waals surface area contributed by atoms with Gasteiger partial charge in [0.1, 0.15) is 0 Å². The Hall–Kier alpha value is -2.53. The molecule has 0 N–H and O–H groups in total. The minimum Gasteiger partial charge on any atom is -0.341 e. The molecule has 0 aliphatic carbocycles. The summed E-state index contributed by atoms with van der Waals surface area (Å²) in [5.41, 5.74) is 2.59. The van der Waals surface area contributed by atoms with Crippen molar-refractivity contribution in [1.29, 1.82) is 0 Å². The van der Waals surface area contributed by atoms with Crippen molar-refractivity contribution in [3.05, 3.63) is 69.6 Å². The minimum atomic E-state index is -0.105. The third-order valence-corrected chi connectivity index (χ3v) is 4.57. The van der Waals surface area contributed by atoms with Crippen LogP contribution in [0.5, 0.6) is 0 Å². The summed E-state index contributed by atoms with van der Waals surface area (Å²) in [7, 11) is 3.50. The van der Waals surface area contributed by atoms with Crippen molar-refractivity contribution >= 4 is 28.5 Å². The van der Waals surface area contributed by atoms with Crippen LogP contribution in [0.1, 0.15) is 12.0 Å². The summed E-state index contributed by atoms with van der Waals surface area (Å²) >= 11 is 5.98. The Bertz CT molecular complexity index is 974. The second-order valence-electron chi connectivity index (χ2n) is 6.11. The zero-order chi connectivity index (χ0) is 18.0. The van der Waals surface area contributed by atoms with Gasteiger partial charge in [-0.15, -0.1) is 0 Å². The van der Waals surface area contributed by atoms with E-state index in [0.717, 1.165) is 16.6 Å². The first-order valence-electron chi connectivity index (χ1n) is 8.10. The molecule has 3 aromatic rings. The Labute approximate surface area is 151 Å². The lowest BCUT2D eigenvalue weighted by Crippen LogP contribution is -2.29. The molecule has 1 heterocycles. The van der Waals surface area contributed by atoms with Crippen LogP contribution in [0.4, 0.5) is 0 Å². The molecular formula is C19H20ClN3O2. The van der Waals surface area contributed by atoms with Crippen molar-refractivity contribution < 1.29 is 4.79 Å². The fourth-order valence-corrected chi connectivity index (χ4v) is 3.19. The van der Waals surface area contributed by atoms with Crippen LogP contribution in [-0.4, -0.2) is 27.0 Å². The quantitative estimate of drug-likeness (QED) is 0.704. The summed E-state index contributed by atoms with van der Waals surface area (Å²) in [4.78, 5) is 26.5. The summed E-state index contributed by atoms with van der Waals surface area (Å²) in [6.07, 6.45) is 0.269. The molecule has 6 heteroatoms. The van der Waals surface area contributed by atoms with Gasteiger partial charge in [0.15, 0.2) is 0 Å². The van der Waals surface area contributed by atoms with Crippen LogP contribution in [0, 0.1) is 0 Å². The van der Waals surface area contributed by atoms with Crippen molar-refractivity contribution in [3.8, 4) is 0 Å². The van der Waals surface area contributed by atoms with E-state index in [2.05, 4.69) is 0 Å². The number of carbonyl (C=O) groups is 1. The van der Waals surface area contributed by atoms with Crippen molar-refractivity contribution in [2.75, 3.05) is 7.05 Å². The number of hydrogen-bond acceptors (Lipinski definition) is 2. The molecular weight excluding hydrogens is 338 g/mol. The van der Waals surface area contributed by atoms with Crippen LogP contribution in [0.3, 0.4) is 0 Å². The number of hydrogen-bond donors (Lipinski definition) is 0. The number of fused-ring (bicyclic) bond motifs is 1. The maximum atomic E-state index is 12.4. The zero-order valence-corrected chi connectivity index (χ0v) is 15.0. The fraction of sp³-hybridized carbons (Fsp3) is 0.263. The minimum absolute atomic E-state index is 0.0141. The van der Waals surface area contributed by atoms with Crippen LogP contribution in [0.15, 0.2) is 53.3 Å². The molecule has 0 fully saturated rings. The first kappa shape index (κ1) is 17.3. The molecule has 0 aliphatic rings. The summed E-state index contributed by atoms with van der Waals surface area (Å²) in [5.74, 6) is -0.0141. The van der Waals surface area contributed by atoms with E-state index in [9.17, 15) is 9.59 Å². The van der Waals surface area contributed by atoms with Gasteiger partial charge in [0.2, 0.25) is 5.91 Å². The molecule has 0 unspecified atom stereocenters. The van der Waals surface area contributed by atoms with Crippen LogP contribution in [-0.2, 0) is 24.9 Å². The number of aryl methyl sites for hydroxylation is 2. The van der Waals surface area contributed by atoms with Crippen molar-refractivity contribution in [2.24, 2.45) is 7.05 Å². The second kappa shape index (κ2) is 7.15. The maximum Gasteiger partial charge on any atom is 0.328 e. The van der Waals surface area contributed by atoms with Crippen LogP contribution < -0.4 is 5.69 Å². The van der Waals surface area contributed by atoms with Crippen LogP contribution >= 0.6 is 11.6 Å². The summed E-state index contributed by atoms with van der Waals surface area (Å²) in [6, 6.07) is 15.1. The molecule has 5 nitrogen and oxygen atoms in total. The van der Waals surface area contributed by atoms with E-state index >= 15 is 0 Å². The predicted octanol–water partition coefficient (Wildman–Crippen LogP) is 3.04. The SMILES string of the molecule is CN(Cc1cccc(Cl)c1)C(=O)CCn1c(=O)n(C)c2ccccc21. The molecule has 0 aliphatic heterocycles. The highest BCUT2D eigenvalue weighted by Crippen LogP contribution is 2.14. The van der Waals surface area contributed by atoms with Gasteiger partial charge in [0.05, 0.1) is 11.0 Å². The molecule has 0 saturated carbocycles. The number of amides is 1. The van der Waals surface area contributed by atoms with Gasteiger partial charge in [-0.2, -0.15) is 0 Å². The number of rotatable bonds is 5. The number of halogens is 1. The molecule has 1 amide bonds. The lowest BCUT2D eigenvalue weighted by molar-refractivity contribution is -0.130. The molecule has 0 radical (unpaired) electrons. The number of benzene rings is 2. The number of para-hydroxylation sites is 2. The van der Waals surface area contributed by atoms with Gasteiger partial charge in [-0.05, 0) is 29.8 Å². The van der Waals surface area contributed by atoms with Crippen molar-refractivity contribution in [2.45, 2.75) is 19.5 Å². The van der Waals surface area contributed by atoms with E-state index in [1.54, 1.807) is 34.2 Å². The third kappa shape index (κ3) is 3.61. The number of nitrogens with zero attached hydrogens (tertiary/aromatic N) is 3. The van der Waals surface area contributed by atoms with Crippen molar-refractivity contribution in [1.82, 2.24) is 14.0 Å². The molecule has 0 atom stereocenters. The first-order valence-corrected chi connectivity index (χ1v) is 8.48. The van der Waals surface area contributed by atoms with Gasteiger partial charge in [-0.25, -0.2) is 4.79 Å². The topological polar surface area (TPSA) is 47.2 Å². The first-order chi connectivity index (χ1) is 12.0. The highest BCUT2D eigenvalue weighted by atomic mass is 35.5. The monoisotopic (exact) mass is 357 g/mol. The van der Waals surface area contributed by atoms with E-state index in [-0.39, 0.29) is 18.0 Å². The van der Waals surface area contributed by atoms with E-state index in [0.29, 0.717) is 18.1 Å². The number of imidazole rings is 1. The lowest BCUT2D eigenvalue weighted by Gasteiger charge is -2.17. The Morgan fingerprint density at radius 2 is 1.84 bits per heavy atom. The van der Waals surface area contributed by atoms with Gasteiger partial charge in [-0.3, -0.25) is 13.9 Å². The number of carbonyl (C=O) groups excluding carboxylic acids is 1. The van der Waals surface area contributed by atoms with Crippen LogP contribution in [0.25, 0.3) is 11.0 Å². The molecule has 3 rings (SSSR count). The normalized spacial score (nSPS) is 11.0. The molecule has 0 saturated heterocycles. The molecule has 130 valence electrons. The average molecular weight is 358 g/mol. The lowest BCUT2D eigenvalue weighted by atomic mass is 10.2. The Kier molecular flexibility index (Phi) is 4.95. The van der Waals surface area contributed by atoms with E-state index in [4.69, 9.17) is 11.6 Å². The molecule has 2 aromatic carbocycles. The molecule has 0 spiro atoms. The Morgan fingerprint density at radius 1 is 1.12 bits per heavy atom. The highest BCUT2D eigenvalue weighted by Gasteiger charge is 2.14. The van der Waals surface area contributed by atoms with E-state index in [1.165, 1.54) is 0 Å². The smallest absolute Gasteiger partial charge is 0.328 e. The summed E-state index contributed by atoms with van der Waals surface area (Å²) < 4.78 is 3.26. The third-order valence-electron chi connectivity index (χ3n) is 4.34. The Morgan fingerprint density at radius 3 is 2.56 bits per heavy atom. The zero-order valence-electron chi connectivity index (χ0n) is 14.3. The predicted molar refractivity (Wildman–Crippen MR) is 99.7 cm³/mol. The Balaban J connectivity index is 1.70. The largest absolute Gasteiger partial charge is 0.341 e. The van der Waals surface area contributed by atoms with Crippen LogP contribution in [0.2, 0.25) is 5.02 Å². The summed E-state index contributed by atoms with van der Waals surface area (Å²) in [6.45, 7) is 0.850. The summed E-state index contributed by atoms with van der Waals surface area (Å²) in [5, 5.41) is 0.653. The number of aromatic nitrogens is 2. The van der Waals surface area contributed by atoms with E-state index in [1.807, 2.05) is 42.5 Å². The molecule has 0 bridgehead atoms. The second-order valence-corrected chi connectivity index (χ2v) is 6.55. The van der Waals surface area contributed by atoms with Gasteiger partial charge >= 0.3 is 5.69 Å². The fourth-order valence-electron chi connectivity index (χ4n) is 2.97. The maximum absolute atomic E-state index is 12.4. The molecule has 25 heavy (non-hydrogen) atoms. The standard InChI is InChI=1S/C19H20ClN3O2/c1-21(13-14-6-5-7-15(20)12-14)18(24)10-11-23-17-9-4-3-8-16(17)22(2)19(23)25/h3-9,12H,10-11,13H2,1-2H3. The van der Waals surface area contributed by atoms with Gasteiger partial charge in [0, 0.05) is 38.6 Å². The average Bonchev–Trinajstić information content (AvgIpc) is 2.84. The van der Waals surface area contributed by atoms with E-state index < -0.39 is 0 Å². The van der Waals surface area contributed by atoms with Gasteiger partial charge in [-0.1, -0.05) is 35.9 Å². The van der Waals surface area contributed by atoms with Gasteiger partial charge < -0.3 is 4.90 Å². The highest BCUT2D eigenvalue weighted by molar-refractivity contribution is 6.30. The molecule has 1 aromatic heterocycles. The van der Waals surface area contributed by atoms with Gasteiger partial charge in [0.25, 0.3) is 0 Å².